The van der Waals surface area contributed by atoms with E-state index in [1.54, 1.807) is 18.2 Å². The number of furan rings is 1. The molecule has 0 saturated heterocycles. The largest absolute Gasteiger partial charge is 0.465 e. The summed E-state index contributed by atoms with van der Waals surface area (Å²) in [6, 6.07) is 6.71. The summed E-state index contributed by atoms with van der Waals surface area (Å²) in [5, 5.41) is 0.833. The van der Waals surface area contributed by atoms with Crippen LogP contribution in [0.15, 0.2) is 28.7 Å². The van der Waals surface area contributed by atoms with Gasteiger partial charge < -0.3 is 9.15 Å². The van der Waals surface area contributed by atoms with Crippen LogP contribution in [0.25, 0.3) is 11.0 Å². The Bertz CT molecular complexity index is 751. The molecule has 0 aliphatic carbocycles. The van der Waals surface area contributed by atoms with E-state index in [4.69, 9.17) is 13.7 Å². The molecule has 0 aliphatic rings. The normalized spacial score (nSPS) is 13.6. The standard InChI is InChI=1S/C16H23NO5S/c1-4-7-21-16-10-13-9-12(5-6-15(13)22-16)14(8-11(2)3)17-23(18,19)20/h5-6,9-11,14,17H,4,7-8H2,1-3H3,(H,18,19,20). The van der Waals surface area contributed by atoms with E-state index >= 15 is 0 Å². The Hall–Kier alpha value is -1.57. The molecule has 2 aromatic rings. The van der Waals surface area contributed by atoms with Gasteiger partial charge in [-0.2, -0.15) is 13.1 Å². The lowest BCUT2D eigenvalue weighted by atomic mass is 9.97. The molecule has 0 spiro atoms. The van der Waals surface area contributed by atoms with Crippen molar-refractivity contribution in [1.29, 1.82) is 0 Å². The zero-order chi connectivity index (χ0) is 17.0. The van der Waals surface area contributed by atoms with E-state index in [0.717, 1.165) is 17.4 Å². The number of benzene rings is 1. The summed E-state index contributed by atoms with van der Waals surface area (Å²) in [4.78, 5) is 0. The molecule has 1 heterocycles. The van der Waals surface area contributed by atoms with Gasteiger partial charge in [0.25, 0.3) is 5.95 Å². The third kappa shape index (κ3) is 5.23. The second-order valence-electron chi connectivity index (χ2n) is 5.99. The maximum absolute atomic E-state index is 11.2. The Morgan fingerprint density at radius 2 is 2.04 bits per heavy atom. The van der Waals surface area contributed by atoms with E-state index in [2.05, 4.69) is 4.72 Å². The highest BCUT2D eigenvalue weighted by atomic mass is 32.2. The van der Waals surface area contributed by atoms with Crippen LogP contribution in [-0.4, -0.2) is 19.6 Å². The van der Waals surface area contributed by atoms with Gasteiger partial charge in [0.1, 0.15) is 5.58 Å². The summed E-state index contributed by atoms with van der Waals surface area (Å²) < 4.78 is 44.8. The van der Waals surface area contributed by atoms with Crippen LogP contribution in [0.3, 0.4) is 0 Å². The Morgan fingerprint density at radius 3 is 2.65 bits per heavy atom. The number of nitrogens with one attached hydrogen (secondary N) is 1. The fraction of sp³-hybridized carbons (Fsp3) is 0.500. The molecule has 1 aromatic heterocycles. The van der Waals surface area contributed by atoms with Crippen molar-refractivity contribution in [2.75, 3.05) is 6.61 Å². The van der Waals surface area contributed by atoms with Crippen molar-refractivity contribution in [2.24, 2.45) is 5.92 Å². The summed E-state index contributed by atoms with van der Waals surface area (Å²) in [6.45, 7) is 6.57. The van der Waals surface area contributed by atoms with Gasteiger partial charge in [-0.25, -0.2) is 0 Å². The van der Waals surface area contributed by atoms with Crippen LogP contribution in [0, 0.1) is 5.92 Å². The molecule has 0 saturated carbocycles. The first-order chi connectivity index (χ1) is 10.8. The number of ether oxygens (including phenoxy) is 1. The van der Waals surface area contributed by atoms with Crippen LogP contribution in [0.1, 0.15) is 45.2 Å². The van der Waals surface area contributed by atoms with Gasteiger partial charge in [0.2, 0.25) is 0 Å². The first kappa shape index (κ1) is 17.8. The number of rotatable bonds is 8. The van der Waals surface area contributed by atoms with Crippen molar-refractivity contribution in [3.63, 3.8) is 0 Å². The molecule has 7 heteroatoms. The smallest absolute Gasteiger partial charge is 0.333 e. The Labute approximate surface area is 136 Å². The lowest BCUT2D eigenvalue weighted by Gasteiger charge is -2.19. The van der Waals surface area contributed by atoms with E-state index < -0.39 is 16.3 Å². The zero-order valence-electron chi connectivity index (χ0n) is 13.6. The van der Waals surface area contributed by atoms with Crippen LogP contribution < -0.4 is 9.46 Å². The van der Waals surface area contributed by atoms with E-state index in [1.165, 1.54) is 0 Å². The summed E-state index contributed by atoms with van der Waals surface area (Å²) >= 11 is 0. The molecule has 0 fully saturated rings. The highest BCUT2D eigenvalue weighted by Gasteiger charge is 2.19. The number of fused-ring (bicyclic) bond motifs is 1. The average molecular weight is 341 g/mol. The molecule has 0 aliphatic heterocycles. The topological polar surface area (TPSA) is 88.8 Å². The van der Waals surface area contributed by atoms with Gasteiger partial charge in [-0.15, -0.1) is 0 Å². The van der Waals surface area contributed by atoms with Gasteiger partial charge in [-0.05, 0) is 36.5 Å². The predicted molar refractivity (Wildman–Crippen MR) is 88.9 cm³/mol. The summed E-state index contributed by atoms with van der Waals surface area (Å²) in [5.41, 5.74) is 1.45. The van der Waals surface area contributed by atoms with Gasteiger partial charge in [-0.1, -0.05) is 26.8 Å². The SMILES string of the molecule is CCCOc1cc2cc(C(CC(C)C)NS(=O)(=O)O)ccc2o1. The van der Waals surface area contributed by atoms with Crippen molar-refractivity contribution in [3.05, 3.63) is 29.8 Å². The van der Waals surface area contributed by atoms with Crippen molar-refractivity contribution < 1.29 is 22.1 Å². The van der Waals surface area contributed by atoms with Gasteiger partial charge in [0.05, 0.1) is 6.61 Å². The highest BCUT2D eigenvalue weighted by molar-refractivity contribution is 7.83. The van der Waals surface area contributed by atoms with E-state index in [1.807, 2.05) is 26.8 Å². The molecule has 0 amide bonds. The molecule has 1 aromatic carbocycles. The first-order valence-corrected chi connectivity index (χ1v) is 9.13. The molecular weight excluding hydrogens is 318 g/mol. The van der Waals surface area contributed by atoms with Crippen LogP contribution in [-0.2, 0) is 10.3 Å². The van der Waals surface area contributed by atoms with Crippen LogP contribution in [0.5, 0.6) is 5.95 Å². The third-order valence-corrected chi connectivity index (χ3v) is 3.95. The monoisotopic (exact) mass is 341 g/mol. The van der Waals surface area contributed by atoms with Gasteiger partial charge >= 0.3 is 10.3 Å². The van der Waals surface area contributed by atoms with Crippen LogP contribution in [0.4, 0.5) is 0 Å². The maximum atomic E-state index is 11.2. The van der Waals surface area contributed by atoms with E-state index in [9.17, 15) is 8.42 Å². The van der Waals surface area contributed by atoms with E-state index in [0.29, 0.717) is 24.6 Å². The summed E-state index contributed by atoms with van der Waals surface area (Å²) in [5.74, 6) is 0.708. The van der Waals surface area contributed by atoms with Crippen molar-refractivity contribution >= 4 is 21.3 Å². The third-order valence-electron chi connectivity index (χ3n) is 3.37. The van der Waals surface area contributed by atoms with E-state index in [-0.39, 0.29) is 5.92 Å². The minimum absolute atomic E-state index is 0.262. The minimum Gasteiger partial charge on any atom is -0.465 e. The summed E-state index contributed by atoms with van der Waals surface area (Å²) in [7, 11) is -4.28. The molecule has 0 bridgehead atoms. The molecule has 0 radical (unpaired) electrons. The molecule has 2 N–H and O–H groups in total. The number of hydrogen-bond donors (Lipinski definition) is 2. The molecule has 6 nitrogen and oxygen atoms in total. The minimum atomic E-state index is -4.28. The highest BCUT2D eigenvalue weighted by Crippen LogP contribution is 2.30. The molecule has 1 atom stereocenters. The van der Waals surface area contributed by atoms with Gasteiger partial charge in [-0.3, -0.25) is 4.55 Å². The second-order valence-corrected chi connectivity index (χ2v) is 7.17. The fourth-order valence-electron chi connectivity index (χ4n) is 2.43. The fourth-order valence-corrected chi connectivity index (χ4v) is 3.02. The van der Waals surface area contributed by atoms with Crippen molar-refractivity contribution in [3.8, 4) is 5.95 Å². The lowest BCUT2D eigenvalue weighted by molar-refractivity contribution is 0.250. The maximum Gasteiger partial charge on any atom is 0.333 e. The van der Waals surface area contributed by atoms with Gasteiger partial charge in [0.15, 0.2) is 0 Å². The lowest BCUT2D eigenvalue weighted by Crippen LogP contribution is -2.28. The quantitative estimate of drug-likeness (QED) is 0.715. The molecular formula is C16H23NO5S. The van der Waals surface area contributed by atoms with Crippen molar-refractivity contribution in [2.45, 2.75) is 39.7 Å². The van der Waals surface area contributed by atoms with Crippen LogP contribution >= 0.6 is 0 Å². The summed E-state index contributed by atoms with van der Waals surface area (Å²) in [6.07, 6.45) is 1.46. The molecule has 1 unspecified atom stereocenters. The molecule has 2 rings (SSSR count). The second kappa shape index (κ2) is 7.33. The van der Waals surface area contributed by atoms with Gasteiger partial charge in [0, 0.05) is 17.5 Å². The Kier molecular flexibility index (Phi) is 5.67. The predicted octanol–water partition coefficient (Wildman–Crippen LogP) is 3.70. The van der Waals surface area contributed by atoms with Crippen LogP contribution in [0.2, 0.25) is 0 Å². The molecule has 128 valence electrons. The Balaban J connectivity index is 2.31. The Morgan fingerprint density at radius 1 is 1.30 bits per heavy atom. The molecule has 23 heavy (non-hydrogen) atoms. The number of hydrogen-bond acceptors (Lipinski definition) is 4. The zero-order valence-corrected chi connectivity index (χ0v) is 14.4. The first-order valence-electron chi connectivity index (χ1n) is 7.69. The average Bonchev–Trinajstić information content (AvgIpc) is 2.84. The van der Waals surface area contributed by atoms with Crippen molar-refractivity contribution in [1.82, 2.24) is 4.72 Å².